The molecule has 1 aromatic heterocycles. The Bertz CT molecular complexity index is 598. The molecule has 4 heteroatoms. The second-order valence-corrected chi connectivity index (χ2v) is 4.65. The number of halogens is 1. The van der Waals surface area contributed by atoms with E-state index in [0.29, 0.717) is 17.1 Å². The van der Waals surface area contributed by atoms with Crippen molar-refractivity contribution >= 4 is 23.2 Å². The van der Waals surface area contributed by atoms with Crippen LogP contribution in [-0.2, 0) is 0 Å². The first-order chi connectivity index (χ1) is 9.13. The Morgan fingerprint density at radius 3 is 2.79 bits per heavy atom. The molecule has 0 spiro atoms. The van der Waals surface area contributed by atoms with Crippen LogP contribution in [0.25, 0.3) is 0 Å². The predicted molar refractivity (Wildman–Crippen MR) is 77.8 cm³/mol. The molecule has 0 radical (unpaired) electrons. The van der Waals surface area contributed by atoms with Gasteiger partial charge in [0.25, 0.3) is 5.91 Å². The Morgan fingerprint density at radius 1 is 1.37 bits per heavy atom. The lowest BCUT2D eigenvalue weighted by molar-refractivity contribution is 0.0988. The Morgan fingerprint density at radius 2 is 2.16 bits per heavy atom. The summed E-state index contributed by atoms with van der Waals surface area (Å²) in [5, 5.41) is 0.422. The van der Waals surface area contributed by atoms with Gasteiger partial charge in [0.15, 0.2) is 0 Å². The topological polar surface area (TPSA) is 33.2 Å². The summed E-state index contributed by atoms with van der Waals surface area (Å²) in [6.07, 6.45) is 3.07. The lowest BCUT2D eigenvalue weighted by atomic mass is 10.2. The number of anilines is 1. The summed E-state index contributed by atoms with van der Waals surface area (Å²) in [4.78, 5) is 18.2. The molecule has 3 nitrogen and oxygen atoms in total. The molecule has 19 heavy (non-hydrogen) atoms. The summed E-state index contributed by atoms with van der Waals surface area (Å²) < 4.78 is 0. The maximum absolute atomic E-state index is 12.5. The van der Waals surface area contributed by atoms with Crippen molar-refractivity contribution < 1.29 is 4.79 Å². The molecule has 0 bridgehead atoms. The van der Waals surface area contributed by atoms with Crippen molar-refractivity contribution in [2.45, 2.75) is 13.8 Å². The number of aryl methyl sites for hydroxylation is 1. The SMILES string of the molecule is CCN(C(=O)c1cnccc1Cl)c1cccc(C)c1. The van der Waals surface area contributed by atoms with Gasteiger partial charge in [-0.2, -0.15) is 0 Å². The van der Waals surface area contributed by atoms with E-state index in [1.165, 1.54) is 6.20 Å². The maximum Gasteiger partial charge on any atom is 0.261 e. The Kier molecular flexibility index (Phi) is 4.17. The summed E-state index contributed by atoms with van der Waals surface area (Å²) in [7, 11) is 0. The molecule has 1 aromatic carbocycles. The zero-order valence-corrected chi connectivity index (χ0v) is 11.7. The average molecular weight is 275 g/mol. The van der Waals surface area contributed by atoms with Crippen LogP contribution in [0.3, 0.4) is 0 Å². The minimum atomic E-state index is -0.133. The van der Waals surface area contributed by atoms with E-state index in [2.05, 4.69) is 4.98 Å². The fraction of sp³-hybridized carbons (Fsp3) is 0.200. The molecule has 0 fully saturated rings. The molecular formula is C15H15ClN2O. The van der Waals surface area contributed by atoms with Gasteiger partial charge in [-0.15, -0.1) is 0 Å². The van der Waals surface area contributed by atoms with Crippen molar-refractivity contribution in [3.63, 3.8) is 0 Å². The monoisotopic (exact) mass is 274 g/mol. The van der Waals surface area contributed by atoms with E-state index in [1.807, 2.05) is 38.1 Å². The maximum atomic E-state index is 12.5. The van der Waals surface area contributed by atoms with Crippen molar-refractivity contribution in [2.75, 3.05) is 11.4 Å². The number of amides is 1. The first kappa shape index (κ1) is 13.6. The second-order valence-electron chi connectivity index (χ2n) is 4.24. The molecule has 98 valence electrons. The predicted octanol–water partition coefficient (Wildman–Crippen LogP) is 3.71. The van der Waals surface area contributed by atoms with E-state index in [0.717, 1.165) is 11.3 Å². The number of carbonyl (C=O) groups excluding carboxylic acids is 1. The summed E-state index contributed by atoms with van der Waals surface area (Å²) in [5.41, 5.74) is 2.40. The van der Waals surface area contributed by atoms with E-state index in [9.17, 15) is 4.79 Å². The summed E-state index contributed by atoms with van der Waals surface area (Å²) in [5.74, 6) is -0.133. The van der Waals surface area contributed by atoms with Gasteiger partial charge < -0.3 is 4.90 Å². The third-order valence-electron chi connectivity index (χ3n) is 2.87. The van der Waals surface area contributed by atoms with Gasteiger partial charge in [-0.25, -0.2) is 0 Å². The van der Waals surface area contributed by atoms with Crippen molar-refractivity contribution in [1.29, 1.82) is 0 Å². The van der Waals surface area contributed by atoms with Crippen LogP contribution in [0.15, 0.2) is 42.7 Å². The highest BCUT2D eigenvalue weighted by Crippen LogP contribution is 2.21. The van der Waals surface area contributed by atoms with Gasteiger partial charge >= 0.3 is 0 Å². The second kappa shape index (κ2) is 5.85. The molecule has 0 saturated heterocycles. The smallest absolute Gasteiger partial charge is 0.261 e. The molecule has 2 aromatic rings. The number of pyridine rings is 1. The molecule has 0 aliphatic carbocycles. The standard InChI is InChI=1S/C15H15ClN2O/c1-3-18(12-6-4-5-11(2)9-12)15(19)13-10-17-8-7-14(13)16/h4-10H,3H2,1-2H3. The number of rotatable bonds is 3. The fourth-order valence-corrected chi connectivity index (χ4v) is 2.11. The van der Waals surface area contributed by atoms with Gasteiger partial charge in [0, 0.05) is 24.6 Å². The molecule has 1 amide bonds. The van der Waals surface area contributed by atoms with Crippen LogP contribution >= 0.6 is 11.6 Å². The van der Waals surface area contributed by atoms with Gasteiger partial charge in [0.05, 0.1) is 10.6 Å². The van der Waals surface area contributed by atoms with Crippen molar-refractivity contribution in [3.8, 4) is 0 Å². The van der Waals surface area contributed by atoms with E-state index in [4.69, 9.17) is 11.6 Å². The zero-order valence-electron chi connectivity index (χ0n) is 10.9. The van der Waals surface area contributed by atoms with Gasteiger partial charge in [-0.1, -0.05) is 23.7 Å². The molecule has 0 saturated carbocycles. The molecule has 1 heterocycles. The van der Waals surface area contributed by atoms with Crippen LogP contribution in [0.2, 0.25) is 5.02 Å². The normalized spacial score (nSPS) is 10.3. The number of aromatic nitrogens is 1. The Balaban J connectivity index is 2.38. The number of carbonyl (C=O) groups is 1. The zero-order chi connectivity index (χ0) is 13.8. The minimum Gasteiger partial charge on any atom is -0.309 e. The highest BCUT2D eigenvalue weighted by molar-refractivity contribution is 6.34. The number of benzene rings is 1. The van der Waals surface area contributed by atoms with E-state index >= 15 is 0 Å². The van der Waals surface area contributed by atoms with Crippen molar-refractivity contribution in [3.05, 3.63) is 58.9 Å². The first-order valence-corrected chi connectivity index (χ1v) is 6.49. The van der Waals surface area contributed by atoms with Crippen molar-refractivity contribution in [2.24, 2.45) is 0 Å². The van der Waals surface area contributed by atoms with Crippen LogP contribution in [0.5, 0.6) is 0 Å². The van der Waals surface area contributed by atoms with Crippen LogP contribution in [-0.4, -0.2) is 17.4 Å². The Hall–Kier alpha value is -1.87. The molecule has 2 rings (SSSR count). The number of nitrogens with zero attached hydrogens (tertiary/aromatic N) is 2. The minimum absolute atomic E-state index is 0.133. The van der Waals surface area contributed by atoms with Gasteiger partial charge in [0.1, 0.15) is 0 Å². The van der Waals surface area contributed by atoms with Gasteiger partial charge in [0.2, 0.25) is 0 Å². The highest BCUT2D eigenvalue weighted by Gasteiger charge is 2.18. The highest BCUT2D eigenvalue weighted by atomic mass is 35.5. The third-order valence-corrected chi connectivity index (χ3v) is 3.20. The van der Waals surface area contributed by atoms with E-state index < -0.39 is 0 Å². The first-order valence-electron chi connectivity index (χ1n) is 6.11. The lowest BCUT2D eigenvalue weighted by Crippen LogP contribution is -2.31. The quantitative estimate of drug-likeness (QED) is 0.855. The number of hydrogen-bond acceptors (Lipinski definition) is 2. The molecule has 0 N–H and O–H groups in total. The van der Waals surface area contributed by atoms with E-state index in [-0.39, 0.29) is 5.91 Å². The summed E-state index contributed by atoms with van der Waals surface area (Å²) >= 11 is 6.05. The molecule has 0 aliphatic rings. The van der Waals surface area contributed by atoms with Crippen LogP contribution < -0.4 is 4.90 Å². The summed E-state index contributed by atoms with van der Waals surface area (Å²) in [6, 6.07) is 9.45. The summed E-state index contributed by atoms with van der Waals surface area (Å²) in [6.45, 7) is 4.51. The molecular weight excluding hydrogens is 260 g/mol. The van der Waals surface area contributed by atoms with E-state index in [1.54, 1.807) is 17.2 Å². The van der Waals surface area contributed by atoms with Crippen LogP contribution in [0.4, 0.5) is 5.69 Å². The van der Waals surface area contributed by atoms with Gasteiger partial charge in [-0.05, 0) is 37.6 Å². The lowest BCUT2D eigenvalue weighted by Gasteiger charge is -2.21. The fourth-order valence-electron chi connectivity index (χ4n) is 1.92. The largest absolute Gasteiger partial charge is 0.309 e. The van der Waals surface area contributed by atoms with Crippen molar-refractivity contribution in [1.82, 2.24) is 4.98 Å². The van der Waals surface area contributed by atoms with Crippen LogP contribution in [0, 0.1) is 6.92 Å². The van der Waals surface area contributed by atoms with Crippen LogP contribution in [0.1, 0.15) is 22.8 Å². The number of hydrogen-bond donors (Lipinski definition) is 0. The molecule has 0 atom stereocenters. The Labute approximate surface area is 117 Å². The molecule has 0 aliphatic heterocycles. The molecule has 0 unspecified atom stereocenters. The third kappa shape index (κ3) is 2.93. The van der Waals surface area contributed by atoms with Gasteiger partial charge in [-0.3, -0.25) is 9.78 Å². The average Bonchev–Trinajstić information content (AvgIpc) is 2.40.